The van der Waals surface area contributed by atoms with Crippen LogP contribution in [0.1, 0.15) is 22.3 Å². The molecule has 1 aliphatic heterocycles. The highest BCUT2D eigenvalue weighted by molar-refractivity contribution is 7.19. The summed E-state index contributed by atoms with van der Waals surface area (Å²) in [6, 6.07) is 108. The van der Waals surface area contributed by atoms with E-state index in [1.54, 1.807) is 0 Å². The van der Waals surface area contributed by atoms with Crippen LogP contribution in [0.2, 0.25) is 0 Å². The summed E-state index contributed by atoms with van der Waals surface area (Å²) < 4.78 is 7.67. The lowest BCUT2D eigenvalue weighted by Gasteiger charge is -2.41. The molecule has 3 nitrogen and oxygen atoms in total. The van der Waals surface area contributed by atoms with Gasteiger partial charge in [-0.15, -0.1) is 0 Å². The van der Waals surface area contributed by atoms with Crippen LogP contribution in [-0.4, -0.2) is 21.8 Å². The maximum atomic E-state index is 2.67. The molecule has 4 heterocycles. The van der Waals surface area contributed by atoms with Crippen molar-refractivity contribution in [1.29, 1.82) is 0 Å². The number of para-hydroxylation sites is 4. The van der Waals surface area contributed by atoms with Crippen molar-refractivity contribution in [1.82, 2.24) is 13.7 Å². The van der Waals surface area contributed by atoms with Crippen LogP contribution in [0.3, 0.4) is 0 Å². The van der Waals surface area contributed by atoms with Crippen molar-refractivity contribution < 1.29 is 0 Å². The molecule has 0 atom stereocenters. The second kappa shape index (κ2) is 15.9. The fourth-order valence-corrected chi connectivity index (χ4v) is 19.4. The van der Waals surface area contributed by atoms with E-state index in [1.165, 1.54) is 125 Å². The Morgan fingerprint density at radius 3 is 1.17 bits per heavy atom. The lowest BCUT2D eigenvalue weighted by Crippen LogP contribution is -2.74. The Morgan fingerprint density at radius 2 is 0.662 bits per heavy atom. The normalized spacial score (nSPS) is 13.3. The SMILES string of the molecule is c1ccc([Si](c2ccccc2)(c2ccccc2)c2ccc3c(c2)-n2c4ccc(-n5c6ccccc6c6ccccc65)cc4c4cc(-n5c6ccccc6c6ccccc65)cc(c42)C32c3ccccc3-c3ccccc32)cc1. The van der Waals surface area contributed by atoms with Gasteiger partial charge in [0.25, 0.3) is 0 Å². The molecule has 15 aromatic rings. The molecule has 3 aromatic heterocycles. The summed E-state index contributed by atoms with van der Waals surface area (Å²) in [6.45, 7) is 0. The van der Waals surface area contributed by atoms with E-state index in [0.717, 1.165) is 11.4 Å². The van der Waals surface area contributed by atoms with Crippen LogP contribution in [0.4, 0.5) is 0 Å². The first-order chi connectivity index (χ1) is 38.2. The van der Waals surface area contributed by atoms with E-state index >= 15 is 0 Å². The number of fused-ring (bicyclic) bond motifs is 18. The van der Waals surface area contributed by atoms with E-state index in [2.05, 4.69) is 299 Å². The minimum atomic E-state index is -2.99. The molecule has 0 amide bonds. The molecule has 358 valence electrons. The van der Waals surface area contributed by atoms with Crippen LogP contribution in [0.15, 0.2) is 285 Å². The third-order valence-corrected chi connectivity index (χ3v) is 22.3. The topological polar surface area (TPSA) is 14.8 Å². The molecule has 0 N–H and O–H groups in total. The van der Waals surface area contributed by atoms with Gasteiger partial charge in [-0.1, -0.05) is 224 Å². The minimum Gasteiger partial charge on any atom is -0.309 e. The molecular formula is C73H47N3Si. The van der Waals surface area contributed by atoms with Crippen LogP contribution in [0.5, 0.6) is 0 Å². The van der Waals surface area contributed by atoms with Gasteiger partial charge >= 0.3 is 0 Å². The van der Waals surface area contributed by atoms with Crippen molar-refractivity contribution in [2.45, 2.75) is 5.41 Å². The number of hydrogen-bond donors (Lipinski definition) is 0. The zero-order valence-corrected chi connectivity index (χ0v) is 43.0. The molecule has 0 fully saturated rings. The van der Waals surface area contributed by atoms with Gasteiger partial charge in [0, 0.05) is 43.7 Å². The van der Waals surface area contributed by atoms with Gasteiger partial charge in [-0.05, 0) is 115 Å². The zero-order chi connectivity index (χ0) is 50.4. The maximum absolute atomic E-state index is 2.99. The lowest BCUT2D eigenvalue weighted by atomic mass is 9.65. The molecule has 12 aromatic carbocycles. The molecular weight excluding hydrogens is 947 g/mol. The Kier molecular flexibility index (Phi) is 8.79. The van der Waals surface area contributed by atoms with E-state index in [0.29, 0.717) is 0 Å². The first kappa shape index (κ1) is 42.6. The average Bonchev–Trinajstić information content (AvgIpc) is 4.04. The van der Waals surface area contributed by atoms with E-state index in [9.17, 15) is 0 Å². The maximum Gasteiger partial charge on any atom is 0.179 e. The Labute approximate surface area is 446 Å². The summed E-state index contributed by atoms with van der Waals surface area (Å²) in [5, 5.41) is 12.9. The Morgan fingerprint density at radius 1 is 0.247 bits per heavy atom. The van der Waals surface area contributed by atoms with Crippen LogP contribution in [-0.2, 0) is 5.41 Å². The summed E-state index contributed by atoms with van der Waals surface area (Å²) >= 11 is 0. The summed E-state index contributed by atoms with van der Waals surface area (Å²) in [4.78, 5) is 0. The van der Waals surface area contributed by atoms with Crippen LogP contribution < -0.4 is 20.7 Å². The first-order valence-corrected chi connectivity index (χ1v) is 28.8. The molecule has 4 heteroatoms. The summed E-state index contributed by atoms with van der Waals surface area (Å²) in [5.74, 6) is 0. The molecule has 2 aliphatic rings. The number of hydrogen-bond acceptors (Lipinski definition) is 0. The molecule has 0 saturated heterocycles. The second-order valence-electron chi connectivity index (χ2n) is 21.1. The Hall–Kier alpha value is -9.74. The number of rotatable bonds is 6. The van der Waals surface area contributed by atoms with Gasteiger partial charge in [-0.3, -0.25) is 0 Å². The van der Waals surface area contributed by atoms with Gasteiger partial charge in [-0.25, -0.2) is 0 Å². The molecule has 0 saturated carbocycles. The van der Waals surface area contributed by atoms with E-state index in [-0.39, 0.29) is 0 Å². The van der Waals surface area contributed by atoms with Gasteiger partial charge in [0.05, 0.1) is 44.2 Å². The first-order valence-electron chi connectivity index (χ1n) is 26.8. The Balaban J connectivity index is 1.07. The quantitative estimate of drug-likeness (QED) is 0.116. The van der Waals surface area contributed by atoms with Gasteiger partial charge < -0.3 is 13.7 Å². The second-order valence-corrected chi connectivity index (χ2v) is 24.9. The van der Waals surface area contributed by atoms with Crippen molar-refractivity contribution in [3.05, 3.63) is 307 Å². The van der Waals surface area contributed by atoms with Crippen LogP contribution in [0.25, 0.3) is 93.6 Å². The van der Waals surface area contributed by atoms with Gasteiger partial charge in [0.15, 0.2) is 8.07 Å². The highest BCUT2D eigenvalue weighted by atomic mass is 28.3. The predicted octanol–water partition coefficient (Wildman–Crippen LogP) is 15.0. The van der Waals surface area contributed by atoms with E-state index in [1.807, 2.05) is 0 Å². The fraction of sp³-hybridized carbons (Fsp3) is 0.0137. The Bertz CT molecular complexity index is 4680. The monoisotopic (exact) mass is 993 g/mol. The summed E-state index contributed by atoms with van der Waals surface area (Å²) in [7, 11) is -2.99. The van der Waals surface area contributed by atoms with Gasteiger partial charge in [-0.2, -0.15) is 0 Å². The predicted molar refractivity (Wildman–Crippen MR) is 324 cm³/mol. The minimum absolute atomic E-state index is 0.676. The van der Waals surface area contributed by atoms with Crippen LogP contribution >= 0.6 is 0 Å². The highest BCUT2D eigenvalue weighted by Crippen LogP contribution is 2.61. The molecule has 0 bridgehead atoms. The standard InChI is InChI=1S/C73H47N3Si/c1-4-22-50(23-5-1)77(51-24-6-2-7-25-51,52-26-8-3-9-27-52)53-41-42-64-71(47-53)76-70-43-40-48(74-66-36-18-12-30-56(66)57-31-13-19-37-67(57)74)44-60(70)61-45-49(75-68-38-20-14-32-58(68)59-33-15-21-39-69(59)75)46-65(72(61)76)73(64)62-34-16-10-28-54(62)55-29-11-17-35-63(55)73/h1-47H. The van der Waals surface area contributed by atoms with E-state index in [4.69, 9.17) is 0 Å². The number of benzene rings is 12. The number of aromatic nitrogens is 3. The van der Waals surface area contributed by atoms with E-state index < -0.39 is 13.5 Å². The fourth-order valence-electron chi connectivity index (χ4n) is 14.6. The van der Waals surface area contributed by atoms with Crippen molar-refractivity contribution in [2.75, 3.05) is 0 Å². The van der Waals surface area contributed by atoms with Gasteiger partial charge in [0.1, 0.15) is 0 Å². The smallest absolute Gasteiger partial charge is 0.179 e. The largest absolute Gasteiger partial charge is 0.309 e. The van der Waals surface area contributed by atoms with Crippen LogP contribution in [0, 0.1) is 0 Å². The molecule has 1 aliphatic carbocycles. The van der Waals surface area contributed by atoms with Crippen molar-refractivity contribution >= 4 is 94.2 Å². The van der Waals surface area contributed by atoms with Gasteiger partial charge in [0.2, 0.25) is 0 Å². The zero-order valence-electron chi connectivity index (χ0n) is 42.0. The van der Waals surface area contributed by atoms with Crippen molar-refractivity contribution in [3.8, 4) is 28.2 Å². The molecule has 1 spiro atoms. The summed E-state index contributed by atoms with van der Waals surface area (Å²) in [6.07, 6.45) is 0. The molecule has 77 heavy (non-hydrogen) atoms. The number of nitrogens with zero attached hydrogens (tertiary/aromatic N) is 3. The lowest BCUT2D eigenvalue weighted by molar-refractivity contribution is 0.748. The molecule has 17 rings (SSSR count). The third kappa shape index (κ3) is 5.54. The average molecular weight is 994 g/mol. The summed E-state index contributed by atoms with van der Waals surface area (Å²) in [5.41, 5.74) is 17.8. The molecule has 0 unspecified atom stereocenters. The molecule has 0 radical (unpaired) electrons. The van der Waals surface area contributed by atoms with Crippen molar-refractivity contribution in [3.63, 3.8) is 0 Å². The van der Waals surface area contributed by atoms with Crippen molar-refractivity contribution in [2.24, 2.45) is 0 Å². The third-order valence-electron chi connectivity index (χ3n) is 17.6. The highest BCUT2D eigenvalue weighted by Gasteiger charge is 2.52.